The number of hydrogen-bond donors (Lipinski definition) is 2. The Balaban J connectivity index is 1.64. The van der Waals surface area contributed by atoms with Crippen LogP contribution in [0.2, 0.25) is 0 Å². The maximum Gasteiger partial charge on any atom is 0.372 e. The smallest absolute Gasteiger partial charge is 0.372 e. The molecule has 0 radical (unpaired) electrons. The lowest BCUT2D eigenvalue weighted by Gasteiger charge is -2.58. The van der Waals surface area contributed by atoms with Crippen LogP contribution in [-0.2, 0) is 14.1 Å². The first-order valence-corrected chi connectivity index (χ1v) is 8.78. The van der Waals surface area contributed by atoms with Crippen LogP contribution in [0.5, 0.6) is 0 Å². The number of ether oxygens (including phenoxy) is 1. The lowest BCUT2D eigenvalue weighted by atomic mass is 9.49. The summed E-state index contributed by atoms with van der Waals surface area (Å²) in [5.74, 6) is 0.987. The number of aliphatic hydroxyl groups excluding tert-OH is 1. The van der Waals surface area contributed by atoms with E-state index >= 15 is 0 Å². The van der Waals surface area contributed by atoms with Crippen molar-refractivity contribution in [2.24, 2.45) is 23.2 Å². The Kier molecular flexibility index (Phi) is 4.70. The lowest BCUT2D eigenvalue weighted by Crippen LogP contribution is -2.56. The fraction of sp³-hybridized carbons (Fsp3) is 1.00. The normalized spacial score (nSPS) is 39.9. The maximum absolute atomic E-state index is 14.4. The molecule has 2 unspecified atom stereocenters. The summed E-state index contributed by atoms with van der Waals surface area (Å²) in [5, 5.41) is 21.8. The van der Waals surface area contributed by atoms with Crippen molar-refractivity contribution in [2.45, 2.75) is 62.9 Å². The van der Waals surface area contributed by atoms with Gasteiger partial charge in [0.2, 0.25) is 0 Å². The summed E-state index contributed by atoms with van der Waals surface area (Å²) in [6.07, 6.45) is 0.757. The van der Waals surface area contributed by atoms with Gasteiger partial charge >= 0.3 is 6.11 Å². The minimum Gasteiger partial charge on any atom is -0.393 e. The first-order chi connectivity index (χ1) is 10.7. The molecule has 4 rings (SSSR count). The van der Waals surface area contributed by atoms with Crippen molar-refractivity contribution in [3.05, 3.63) is 0 Å². The first-order valence-electron chi connectivity index (χ1n) is 8.04. The van der Waals surface area contributed by atoms with Gasteiger partial charge in [-0.05, 0) is 69.1 Å². The molecule has 0 aliphatic heterocycles. The molecule has 4 bridgehead atoms. The van der Waals surface area contributed by atoms with Crippen molar-refractivity contribution in [1.82, 2.24) is 0 Å². The molecule has 2 atom stereocenters. The molecule has 0 amide bonds. The van der Waals surface area contributed by atoms with E-state index in [1.54, 1.807) is 0 Å². The van der Waals surface area contributed by atoms with Gasteiger partial charge in [0.15, 0.2) is 0 Å². The van der Waals surface area contributed by atoms with Crippen LogP contribution >= 0.6 is 12.0 Å². The minimum absolute atomic E-state index is 0.0137. The highest BCUT2D eigenvalue weighted by Gasteiger charge is 2.57. The van der Waals surface area contributed by atoms with E-state index in [-0.39, 0.29) is 30.0 Å². The van der Waals surface area contributed by atoms with Crippen molar-refractivity contribution < 1.29 is 33.3 Å². The topological polar surface area (TPSA) is 68.2 Å². The number of rotatable bonds is 7. The predicted molar refractivity (Wildman–Crippen MR) is 79.4 cm³/mol. The van der Waals surface area contributed by atoms with Gasteiger partial charge < -0.3 is 9.84 Å². The number of halogens is 2. The molecule has 4 fully saturated rings. The lowest BCUT2D eigenvalue weighted by molar-refractivity contribution is -0.433. The van der Waals surface area contributed by atoms with Crippen molar-refractivity contribution in [2.75, 3.05) is 6.61 Å². The summed E-state index contributed by atoms with van der Waals surface area (Å²) in [4.78, 5) is 0. The van der Waals surface area contributed by atoms with E-state index in [1.165, 1.54) is 13.8 Å². The second-order valence-electron chi connectivity index (χ2n) is 8.00. The second-order valence-corrected chi connectivity index (χ2v) is 9.33. The summed E-state index contributed by atoms with van der Waals surface area (Å²) in [6.45, 7) is 2.51. The fourth-order valence-corrected chi connectivity index (χ4v) is 5.27. The Labute approximate surface area is 138 Å². The third-order valence-electron chi connectivity index (χ3n) is 5.88. The summed E-state index contributed by atoms with van der Waals surface area (Å²) < 4.78 is 36.3. The Hall–Kier alpha value is 0.0100. The van der Waals surface area contributed by atoms with E-state index < -0.39 is 10.9 Å². The summed E-state index contributed by atoms with van der Waals surface area (Å²) in [5.41, 5.74) is -0.242. The van der Waals surface area contributed by atoms with Crippen LogP contribution in [0.25, 0.3) is 0 Å². The van der Waals surface area contributed by atoms with E-state index in [2.05, 4.69) is 9.37 Å². The molecule has 4 aliphatic carbocycles. The third-order valence-corrected chi connectivity index (χ3v) is 6.67. The molecule has 0 spiro atoms. The predicted octanol–water partition coefficient (Wildman–Crippen LogP) is 3.63. The van der Waals surface area contributed by atoms with Gasteiger partial charge in [-0.15, -0.1) is 4.33 Å². The summed E-state index contributed by atoms with van der Waals surface area (Å²) in [7, 11) is 0. The third kappa shape index (κ3) is 3.26. The zero-order chi connectivity index (χ0) is 16.9. The monoisotopic (exact) mass is 354 g/mol. The highest BCUT2D eigenvalue weighted by Crippen LogP contribution is 2.60. The van der Waals surface area contributed by atoms with Crippen LogP contribution in [-0.4, -0.2) is 33.9 Å². The van der Waals surface area contributed by atoms with Crippen molar-refractivity contribution in [3.63, 3.8) is 0 Å². The molecule has 23 heavy (non-hydrogen) atoms. The fourth-order valence-electron chi connectivity index (χ4n) is 4.91. The van der Waals surface area contributed by atoms with Gasteiger partial charge in [0.1, 0.15) is 4.75 Å². The molecule has 0 heterocycles. The molecule has 4 saturated carbocycles. The molecule has 0 aromatic rings. The highest BCUT2D eigenvalue weighted by atomic mass is 32.2. The molecule has 8 heteroatoms. The molecule has 5 nitrogen and oxygen atoms in total. The summed E-state index contributed by atoms with van der Waals surface area (Å²) in [6, 6.07) is 0. The van der Waals surface area contributed by atoms with Gasteiger partial charge in [-0.25, -0.2) is 5.26 Å². The molecule has 2 N–H and O–H groups in total. The number of aliphatic hydroxyl groups is 1. The van der Waals surface area contributed by atoms with Crippen LogP contribution < -0.4 is 0 Å². The Bertz CT molecular complexity index is 432. The molecular weight excluding hydrogens is 330 g/mol. The van der Waals surface area contributed by atoms with Gasteiger partial charge in [-0.1, -0.05) is 5.04 Å². The van der Waals surface area contributed by atoms with Crippen molar-refractivity contribution in [1.29, 1.82) is 0 Å². The average Bonchev–Trinajstić information content (AvgIpc) is 2.48. The standard InChI is InChI=1S/C15H24F2O5S/c1-13(2,23-22-21-19)15(16,17)20-8-14-5-9-3-10(6-14)12(18)11(4-9)7-14/h9-12,18-19H,3-8H2,1-2H3. The van der Waals surface area contributed by atoms with Crippen LogP contribution in [0.1, 0.15) is 46.0 Å². The Morgan fingerprint density at radius 1 is 1.17 bits per heavy atom. The molecule has 4 aliphatic rings. The maximum atomic E-state index is 14.4. The van der Waals surface area contributed by atoms with Gasteiger partial charge in [0, 0.05) is 0 Å². The van der Waals surface area contributed by atoms with Crippen LogP contribution in [0.4, 0.5) is 8.78 Å². The molecule has 0 aromatic carbocycles. The van der Waals surface area contributed by atoms with Crippen LogP contribution in [0, 0.1) is 23.2 Å². The van der Waals surface area contributed by atoms with E-state index in [4.69, 9.17) is 9.99 Å². The van der Waals surface area contributed by atoms with Gasteiger partial charge in [-0.2, -0.15) is 8.78 Å². The van der Waals surface area contributed by atoms with Crippen molar-refractivity contribution in [3.8, 4) is 0 Å². The molecule has 0 aromatic heterocycles. The number of hydrogen-bond acceptors (Lipinski definition) is 6. The largest absolute Gasteiger partial charge is 0.393 e. The van der Waals surface area contributed by atoms with E-state index in [1.807, 2.05) is 0 Å². The Morgan fingerprint density at radius 2 is 1.78 bits per heavy atom. The second kappa shape index (κ2) is 6.07. The SMILES string of the molecule is CC(C)(SOOO)C(F)(F)OCC12CC3CC(C1)C(O)C(C3)C2. The zero-order valence-electron chi connectivity index (χ0n) is 13.3. The van der Waals surface area contributed by atoms with Gasteiger partial charge in [0.05, 0.1) is 24.8 Å². The first kappa shape index (κ1) is 17.8. The zero-order valence-corrected chi connectivity index (χ0v) is 14.2. The Morgan fingerprint density at radius 3 is 2.35 bits per heavy atom. The average molecular weight is 354 g/mol. The molecule has 134 valence electrons. The van der Waals surface area contributed by atoms with Crippen LogP contribution in [0.15, 0.2) is 0 Å². The van der Waals surface area contributed by atoms with Gasteiger partial charge in [-0.3, -0.25) is 0 Å². The minimum atomic E-state index is -3.43. The molecular formula is C15H24F2O5S. The molecule has 0 saturated heterocycles. The van der Waals surface area contributed by atoms with Gasteiger partial charge in [0.25, 0.3) is 0 Å². The number of alkyl halides is 2. The van der Waals surface area contributed by atoms with E-state index in [0.29, 0.717) is 18.0 Å². The highest BCUT2D eigenvalue weighted by molar-refractivity contribution is 7.96. The quantitative estimate of drug-likeness (QED) is 0.413. The van der Waals surface area contributed by atoms with E-state index in [0.717, 1.165) is 32.1 Å². The van der Waals surface area contributed by atoms with E-state index in [9.17, 15) is 13.9 Å². The van der Waals surface area contributed by atoms with Crippen LogP contribution in [0.3, 0.4) is 0 Å². The van der Waals surface area contributed by atoms with Crippen molar-refractivity contribution >= 4 is 12.0 Å². The summed E-state index contributed by atoms with van der Waals surface area (Å²) >= 11 is 0.316.